The predicted octanol–water partition coefficient (Wildman–Crippen LogP) is 2.49. The van der Waals surface area contributed by atoms with Crippen molar-refractivity contribution in [3.63, 3.8) is 0 Å². The number of hydrogen-bond acceptors (Lipinski definition) is 5. The molecule has 3 aromatic rings. The molecule has 0 aliphatic rings. The van der Waals surface area contributed by atoms with Crippen LogP contribution in [0, 0.1) is 12.8 Å². The van der Waals surface area contributed by atoms with E-state index in [0.717, 1.165) is 11.3 Å². The van der Waals surface area contributed by atoms with Crippen LogP contribution in [0.4, 0.5) is 0 Å². The fourth-order valence-electron chi connectivity index (χ4n) is 2.61. The van der Waals surface area contributed by atoms with E-state index in [-0.39, 0.29) is 17.9 Å². The van der Waals surface area contributed by atoms with Crippen LogP contribution in [0.15, 0.2) is 49.3 Å². The SMILES string of the molecule is Cc1cccnc1[C@H](NC(=O)c1ccnc(-n2cncn2)c1)C(C)C. The van der Waals surface area contributed by atoms with Gasteiger partial charge in [-0.3, -0.25) is 9.78 Å². The number of carbonyl (C=O) groups excluding carboxylic acids is 1. The van der Waals surface area contributed by atoms with E-state index < -0.39 is 0 Å². The third-order valence-corrected chi connectivity index (χ3v) is 3.96. The molecule has 0 saturated carbocycles. The maximum Gasteiger partial charge on any atom is 0.252 e. The van der Waals surface area contributed by atoms with Crippen LogP contribution in [0.1, 0.15) is 41.5 Å². The Balaban J connectivity index is 1.85. The lowest BCUT2D eigenvalue weighted by Crippen LogP contribution is -2.33. The number of nitrogens with zero attached hydrogens (tertiary/aromatic N) is 5. The highest BCUT2D eigenvalue weighted by Gasteiger charge is 2.22. The molecule has 0 radical (unpaired) electrons. The Morgan fingerprint density at radius 2 is 2.04 bits per heavy atom. The Bertz CT molecular complexity index is 860. The normalized spacial score (nSPS) is 12.2. The molecular formula is C18H20N6O. The van der Waals surface area contributed by atoms with Gasteiger partial charge in [-0.15, -0.1) is 0 Å². The van der Waals surface area contributed by atoms with E-state index in [2.05, 4.69) is 39.2 Å². The molecule has 3 heterocycles. The van der Waals surface area contributed by atoms with Crippen molar-refractivity contribution in [2.24, 2.45) is 5.92 Å². The molecule has 0 saturated heterocycles. The molecule has 1 amide bonds. The van der Waals surface area contributed by atoms with E-state index >= 15 is 0 Å². The molecule has 0 aliphatic heterocycles. The maximum atomic E-state index is 12.8. The quantitative estimate of drug-likeness (QED) is 0.773. The molecule has 1 atom stereocenters. The fraction of sp³-hybridized carbons (Fsp3) is 0.278. The molecule has 7 heteroatoms. The van der Waals surface area contributed by atoms with Crippen molar-refractivity contribution >= 4 is 5.91 Å². The van der Waals surface area contributed by atoms with Crippen molar-refractivity contribution in [2.45, 2.75) is 26.8 Å². The first-order valence-corrected chi connectivity index (χ1v) is 8.09. The van der Waals surface area contributed by atoms with Gasteiger partial charge in [0.1, 0.15) is 12.7 Å². The second-order valence-corrected chi connectivity index (χ2v) is 6.14. The van der Waals surface area contributed by atoms with Crippen LogP contribution in [0.2, 0.25) is 0 Å². The van der Waals surface area contributed by atoms with Crippen molar-refractivity contribution in [1.29, 1.82) is 0 Å². The largest absolute Gasteiger partial charge is 0.343 e. The molecular weight excluding hydrogens is 316 g/mol. The Labute approximate surface area is 146 Å². The summed E-state index contributed by atoms with van der Waals surface area (Å²) >= 11 is 0. The van der Waals surface area contributed by atoms with Crippen LogP contribution < -0.4 is 5.32 Å². The van der Waals surface area contributed by atoms with Crippen molar-refractivity contribution in [1.82, 2.24) is 30.0 Å². The molecule has 0 unspecified atom stereocenters. The molecule has 3 aromatic heterocycles. The summed E-state index contributed by atoms with van der Waals surface area (Å²) in [5.74, 6) is 0.571. The number of nitrogens with one attached hydrogen (secondary N) is 1. The van der Waals surface area contributed by atoms with E-state index in [1.54, 1.807) is 24.5 Å². The maximum absolute atomic E-state index is 12.8. The molecule has 0 aromatic carbocycles. The number of aryl methyl sites for hydroxylation is 1. The lowest BCUT2D eigenvalue weighted by molar-refractivity contribution is 0.0924. The van der Waals surface area contributed by atoms with Crippen LogP contribution in [-0.2, 0) is 0 Å². The Kier molecular flexibility index (Phi) is 4.83. The first kappa shape index (κ1) is 16.8. The minimum absolute atomic E-state index is 0.170. The smallest absolute Gasteiger partial charge is 0.252 e. The first-order valence-electron chi connectivity index (χ1n) is 8.09. The summed E-state index contributed by atoms with van der Waals surface area (Å²) in [5.41, 5.74) is 2.45. The molecule has 0 aliphatic carbocycles. The van der Waals surface area contributed by atoms with Crippen LogP contribution in [0.25, 0.3) is 5.82 Å². The molecule has 25 heavy (non-hydrogen) atoms. The highest BCUT2D eigenvalue weighted by Crippen LogP contribution is 2.23. The van der Waals surface area contributed by atoms with Gasteiger partial charge in [-0.05, 0) is 36.6 Å². The zero-order valence-electron chi connectivity index (χ0n) is 14.4. The molecule has 1 N–H and O–H groups in total. The van der Waals surface area contributed by atoms with Gasteiger partial charge in [0.2, 0.25) is 0 Å². The minimum Gasteiger partial charge on any atom is -0.343 e. The summed E-state index contributed by atoms with van der Waals surface area (Å²) in [4.78, 5) is 25.3. The fourth-order valence-corrected chi connectivity index (χ4v) is 2.61. The third-order valence-electron chi connectivity index (χ3n) is 3.96. The van der Waals surface area contributed by atoms with Gasteiger partial charge in [-0.1, -0.05) is 19.9 Å². The number of carbonyl (C=O) groups is 1. The number of aromatic nitrogens is 5. The second kappa shape index (κ2) is 7.21. The summed E-state index contributed by atoms with van der Waals surface area (Å²) < 4.78 is 1.51. The summed E-state index contributed by atoms with van der Waals surface area (Å²) in [6.07, 6.45) is 6.30. The van der Waals surface area contributed by atoms with Crippen LogP contribution in [0.3, 0.4) is 0 Å². The topological polar surface area (TPSA) is 85.6 Å². The van der Waals surface area contributed by atoms with Gasteiger partial charge in [0, 0.05) is 18.0 Å². The summed E-state index contributed by atoms with van der Waals surface area (Å²) in [5, 5.41) is 7.12. The highest BCUT2D eigenvalue weighted by molar-refractivity contribution is 5.94. The van der Waals surface area contributed by atoms with Crippen molar-refractivity contribution in [3.05, 3.63) is 66.1 Å². The van der Waals surface area contributed by atoms with Gasteiger partial charge in [0.25, 0.3) is 5.91 Å². The Morgan fingerprint density at radius 1 is 1.20 bits per heavy atom. The lowest BCUT2D eigenvalue weighted by Gasteiger charge is -2.23. The molecule has 7 nitrogen and oxygen atoms in total. The second-order valence-electron chi connectivity index (χ2n) is 6.14. The van der Waals surface area contributed by atoms with Crippen LogP contribution >= 0.6 is 0 Å². The van der Waals surface area contributed by atoms with E-state index in [1.165, 1.54) is 17.3 Å². The summed E-state index contributed by atoms with van der Waals surface area (Å²) in [6.45, 7) is 6.12. The molecule has 0 bridgehead atoms. The minimum atomic E-state index is -0.174. The van der Waals surface area contributed by atoms with Crippen LogP contribution in [0.5, 0.6) is 0 Å². The number of rotatable bonds is 5. The van der Waals surface area contributed by atoms with E-state index in [1.807, 2.05) is 19.1 Å². The number of hydrogen-bond donors (Lipinski definition) is 1. The molecule has 0 spiro atoms. The van der Waals surface area contributed by atoms with E-state index in [4.69, 9.17) is 0 Å². The zero-order chi connectivity index (χ0) is 17.8. The van der Waals surface area contributed by atoms with Crippen molar-refractivity contribution in [3.8, 4) is 5.82 Å². The number of amides is 1. The molecule has 3 rings (SSSR count). The Hall–Kier alpha value is -3.09. The van der Waals surface area contributed by atoms with Crippen molar-refractivity contribution < 1.29 is 4.79 Å². The van der Waals surface area contributed by atoms with Gasteiger partial charge in [-0.25, -0.2) is 14.6 Å². The standard InChI is InChI=1S/C18H20N6O/c1-12(2)16(17-13(3)5-4-7-21-17)23-18(25)14-6-8-20-15(9-14)24-11-19-10-22-24/h4-12,16H,1-3H3,(H,23,25)/t16-/m1/s1. The van der Waals surface area contributed by atoms with Crippen molar-refractivity contribution in [2.75, 3.05) is 0 Å². The summed E-state index contributed by atoms with van der Waals surface area (Å²) in [7, 11) is 0. The summed E-state index contributed by atoms with van der Waals surface area (Å²) in [6, 6.07) is 7.09. The van der Waals surface area contributed by atoms with Gasteiger partial charge in [0.05, 0.1) is 11.7 Å². The molecule has 0 fully saturated rings. The monoisotopic (exact) mass is 336 g/mol. The van der Waals surface area contributed by atoms with E-state index in [9.17, 15) is 4.79 Å². The van der Waals surface area contributed by atoms with Gasteiger partial charge >= 0.3 is 0 Å². The average molecular weight is 336 g/mol. The number of pyridine rings is 2. The van der Waals surface area contributed by atoms with Gasteiger partial charge in [0.15, 0.2) is 5.82 Å². The third kappa shape index (κ3) is 3.71. The zero-order valence-corrected chi connectivity index (χ0v) is 14.4. The average Bonchev–Trinajstić information content (AvgIpc) is 3.15. The predicted molar refractivity (Wildman–Crippen MR) is 93.2 cm³/mol. The van der Waals surface area contributed by atoms with E-state index in [0.29, 0.717) is 11.4 Å². The van der Waals surface area contributed by atoms with Gasteiger partial charge in [-0.2, -0.15) is 5.10 Å². The Morgan fingerprint density at radius 3 is 2.72 bits per heavy atom. The first-order chi connectivity index (χ1) is 12.1. The highest BCUT2D eigenvalue weighted by atomic mass is 16.1. The van der Waals surface area contributed by atoms with Gasteiger partial charge < -0.3 is 5.32 Å². The lowest BCUT2D eigenvalue weighted by atomic mass is 9.97. The van der Waals surface area contributed by atoms with Crippen LogP contribution in [-0.4, -0.2) is 30.6 Å². The molecule has 128 valence electrons.